The summed E-state index contributed by atoms with van der Waals surface area (Å²) in [6.45, 7) is 1.53. The Morgan fingerprint density at radius 2 is 2.00 bits per heavy atom. The molecular weight excluding hydrogens is 291 g/mol. The molecule has 2 atom stereocenters. The summed E-state index contributed by atoms with van der Waals surface area (Å²) in [5, 5.41) is 5.39. The van der Waals surface area contributed by atoms with Crippen LogP contribution in [-0.2, 0) is 20.7 Å². The van der Waals surface area contributed by atoms with Crippen molar-refractivity contribution in [2.75, 3.05) is 21.3 Å². The Morgan fingerprint density at radius 1 is 1.32 bits per heavy atom. The zero-order valence-electron chi connectivity index (χ0n) is 13.1. The Labute approximate surface area is 129 Å². The summed E-state index contributed by atoms with van der Waals surface area (Å²) in [7, 11) is 4.25. The highest BCUT2D eigenvalue weighted by atomic mass is 19.1. The third kappa shape index (κ3) is 4.70. The van der Waals surface area contributed by atoms with Gasteiger partial charge >= 0.3 is 5.97 Å². The fourth-order valence-electron chi connectivity index (χ4n) is 1.95. The summed E-state index contributed by atoms with van der Waals surface area (Å²) in [4.78, 5) is 23.4. The van der Waals surface area contributed by atoms with Gasteiger partial charge in [-0.25, -0.2) is 9.18 Å². The number of ether oxygens (including phenoxy) is 2. The topological polar surface area (TPSA) is 76.7 Å². The van der Waals surface area contributed by atoms with Crippen LogP contribution < -0.4 is 15.4 Å². The summed E-state index contributed by atoms with van der Waals surface area (Å²) in [5.41, 5.74) is 0.638. The maximum atomic E-state index is 13.7. The number of carbonyl (C=O) groups is 2. The van der Waals surface area contributed by atoms with E-state index >= 15 is 0 Å². The third-order valence-corrected chi connectivity index (χ3v) is 3.23. The molecule has 1 aromatic rings. The van der Waals surface area contributed by atoms with E-state index in [2.05, 4.69) is 15.4 Å². The van der Waals surface area contributed by atoms with E-state index in [4.69, 9.17) is 4.74 Å². The Balaban J connectivity index is 2.73. The number of likely N-dealkylation sites (N-methyl/N-ethyl adjacent to an activating group) is 1. The van der Waals surface area contributed by atoms with E-state index in [1.165, 1.54) is 33.3 Å². The van der Waals surface area contributed by atoms with E-state index in [0.717, 1.165) is 0 Å². The van der Waals surface area contributed by atoms with E-state index in [-0.39, 0.29) is 18.1 Å². The number of halogens is 1. The Morgan fingerprint density at radius 3 is 2.50 bits per heavy atom. The minimum Gasteiger partial charge on any atom is -0.494 e. The van der Waals surface area contributed by atoms with Gasteiger partial charge in [-0.3, -0.25) is 4.79 Å². The van der Waals surface area contributed by atoms with Crippen molar-refractivity contribution in [2.45, 2.75) is 25.4 Å². The average Bonchev–Trinajstić information content (AvgIpc) is 2.51. The molecule has 0 radical (unpaired) electrons. The third-order valence-electron chi connectivity index (χ3n) is 3.23. The number of hydrogen-bond acceptors (Lipinski definition) is 5. The average molecular weight is 312 g/mol. The number of nitrogens with one attached hydrogen (secondary N) is 2. The van der Waals surface area contributed by atoms with Crippen LogP contribution in [0, 0.1) is 5.82 Å². The second-order valence-electron chi connectivity index (χ2n) is 4.77. The van der Waals surface area contributed by atoms with Gasteiger partial charge in [0.25, 0.3) is 0 Å². The van der Waals surface area contributed by atoms with Gasteiger partial charge in [0.1, 0.15) is 6.04 Å². The van der Waals surface area contributed by atoms with Gasteiger partial charge < -0.3 is 20.1 Å². The molecule has 0 aliphatic heterocycles. The Bertz CT molecular complexity index is 536. The lowest BCUT2D eigenvalue weighted by Gasteiger charge is -2.19. The molecule has 0 bridgehead atoms. The number of esters is 1. The number of methoxy groups -OCH3 is 2. The molecule has 122 valence electrons. The molecular formula is C15H21FN2O4. The van der Waals surface area contributed by atoms with E-state index in [1.54, 1.807) is 13.1 Å². The van der Waals surface area contributed by atoms with Gasteiger partial charge in [-0.05, 0) is 38.1 Å². The molecule has 1 aromatic carbocycles. The predicted octanol–water partition coefficient (Wildman–Crippen LogP) is 0.642. The lowest BCUT2D eigenvalue weighted by molar-refractivity contribution is -0.144. The molecule has 6 nitrogen and oxygen atoms in total. The van der Waals surface area contributed by atoms with Crippen LogP contribution in [0.2, 0.25) is 0 Å². The first-order chi connectivity index (χ1) is 10.4. The molecule has 0 aliphatic carbocycles. The van der Waals surface area contributed by atoms with Crippen molar-refractivity contribution in [1.29, 1.82) is 0 Å². The normalized spacial score (nSPS) is 13.1. The lowest BCUT2D eigenvalue weighted by atomic mass is 10.0. The van der Waals surface area contributed by atoms with Crippen LogP contribution in [0.15, 0.2) is 18.2 Å². The molecule has 22 heavy (non-hydrogen) atoms. The second kappa shape index (κ2) is 8.33. The summed E-state index contributed by atoms with van der Waals surface area (Å²) < 4.78 is 23.1. The number of hydrogen-bond donors (Lipinski definition) is 2. The van der Waals surface area contributed by atoms with Crippen LogP contribution in [-0.4, -0.2) is 45.2 Å². The molecule has 1 rings (SSSR count). The summed E-state index contributed by atoms with van der Waals surface area (Å²) in [5.74, 6) is -1.23. The first kappa shape index (κ1) is 17.9. The minimum atomic E-state index is -0.749. The van der Waals surface area contributed by atoms with Gasteiger partial charge in [-0.15, -0.1) is 0 Å². The minimum absolute atomic E-state index is 0.147. The largest absolute Gasteiger partial charge is 0.494 e. The smallest absolute Gasteiger partial charge is 0.328 e. The molecule has 0 aromatic heterocycles. The Hall–Kier alpha value is -2.15. The van der Waals surface area contributed by atoms with Crippen molar-refractivity contribution in [3.05, 3.63) is 29.6 Å². The zero-order chi connectivity index (χ0) is 16.7. The number of amides is 1. The maximum Gasteiger partial charge on any atom is 0.328 e. The fraction of sp³-hybridized carbons (Fsp3) is 0.467. The zero-order valence-corrected chi connectivity index (χ0v) is 13.1. The standard InChI is InChI=1S/C15H21FN2O4/c1-9(15(20)22-4)18-14(19)12(17-2)8-10-5-6-13(21-3)11(16)7-10/h5-7,9,12,17H,8H2,1-4H3,(H,18,19)/t9-,12?/m0/s1. The molecule has 0 fully saturated rings. The highest BCUT2D eigenvalue weighted by Crippen LogP contribution is 2.18. The van der Waals surface area contributed by atoms with Gasteiger partial charge in [0.05, 0.1) is 20.3 Å². The molecule has 0 saturated carbocycles. The first-order valence-corrected chi connectivity index (χ1v) is 6.80. The maximum absolute atomic E-state index is 13.7. The van der Waals surface area contributed by atoms with Gasteiger partial charge in [-0.1, -0.05) is 6.07 Å². The van der Waals surface area contributed by atoms with Gasteiger partial charge in [0.2, 0.25) is 5.91 Å². The molecule has 1 amide bonds. The molecule has 0 heterocycles. The van der Waals surface area contributed by atoms with Crippen LogP contribution in [0.1, 0.15) is 12.5 Å². The van der Waals surface area contributed by atoms with Crippen molar-refractivity contribution in [1.82, 2.24) is 10.6 Å². The Kier molecular flexibility index (Phi) is 6.78. The summed E-state index contributed by atoms with van der Waals surface area (Å²) in [6.07, 6.45) is 0.275. The van der Waals surface area contributed by atoms with Crippen LogP contribution in [0.4, 0.5) is 4.39 Å². The lowest BCUT2D eigenvalue weighted by Crippen LogP contribution is -2.49. The molecule has 0 aliphatic rings. The van der Waals surface area contributed by atoms with Gasteiger partial charge in [0.15, 0.2) is 11.6 Å². The summed E-state index contributed by atoms with van der Waals surface area (Å²) in [6, 6.07) is 3.16. The first-order valence-electron chi connectivity index (χ1n) is 6.80. The van der Waals surface area contributed by atoms with Crippen LogP contribution in [0.25, 0.3) is 0 Å². The molecule has 1 unspecified atom stereocenters. The van der Waals surface area contributed by atoms with Crippen molar-refractivity contribution in [3.63, 3.8) is 0 Å². The van der Waals surface area contributed by atoms with E-state index in [1.807, 2.05) is 0 Å². The van der Waals surface area contributed by atoms with E-state index < -0.39 is 23.9 Å². The van der Waals surface area contributed by atoms with Crippen LogP contribution >= 0.6 is 0 Å². The van der Waals surface area contributed by atoms with Crippen molar-refractivity contribution in [3.8, 4) is 5.75 Å². The monoisotopic (exact) mass is 312 g/mol. The molecule has 7 heteroatoms. The fourth-order valence-corrected chi connectivity index (χ4v) is 1.95. The van der Waals surface area contributed by atoms with Crippen molar-refractivity contribution < 1.29 is 23.5 Å². The highest BCUT2D eigenvalue weighted by molar-refractivity contribution is 5.87. The van der Waals surface area contributed by atoms with Crippen molar-refractivity contribution >= 4 is 11.9 Å². The number of carbonyl (C=O) groups excluding carboxylic acids is 2. The summed E-state index contributed by atoms with van der Waals surface area (Å²) >= 11 is 0. The van der Waals surface area contributed by atoms with Gasteiger partial charge in [-0.2, -0.15) is 0 Å². The SMILES string of the molecule is CNC(Cc1ccc(OC)c(F)c1)C(=O)N[C@@H](C)C(=O)OC. The van der Waals surface area contributed by atoms with Gasteiger partial charge in [0, 0.05) is 0 Å². The van der Waals surface area contributed by atoms with Crippen molar-refractivity contribution in [2.24, 2.45) is 0 Å². The van der Waals surface area contributed by atoms with E-state index in [9.17, 15) is 14.0 Å². The van der Waals surface area contributed by atoms with Crippen LogP contribution in [0.3, 0.4) is 0 Å². The van der Waals surface area contributed by atoms with Crippen LogP contribution in [0.5, 0.6) is 5.75 Å². The molecule has 0 spiro atoms. The quantitative estimate of drug-likeness (QED) is 0.723. The number of rotatable bonds is 7. The molecule has 0 saturated heterocycles. The second-order valence-corrected chi connectivity index (χ2v) is 4.77. The molecule has 2 N–H and O–H groups in total. The number of benzene rings is 1. The van der Waals surface area contributed by atoms with E-state index in [0.29, 0.717) is 5.56 Å². The predicted molar refractivity (Wildman–Crippen MR) is 79.1 cm³/mol. The highest BCUT2D eigenvalue weighted by Gasteiger charge is 2.22.